The summed E-state index contributed by atoms with van der Waals surface area (Å²) < 4.78 is 28.8. The molecular weight excluding hydrogens is 522 g/mol. The van der Waals surface area contributed by atoms with Crippen molar-refractivity contribution in [3.8, 4) is 0 Å². The van der Waals surface area contributed by atoms with Gasteiger partial charge in [-0.1, -0.05) is 73.1 Å². The van der Waals surface area contributed by atoms with E-state index in [1.807, 2.05) is 51.1 Å². The van der Waals surface area contributed by atoms with Gasteiger partial charge >= 0.3 is 0 Å². The number of hydrogen-bond donors (Lipinski definition) is 1. The Bertz CT molecular complexity index is 1350. The first-order valence-electron chi connectivity index (χ1n) is 12.5. The minimum absolute atomic E-state index is 0.0476. The predicted molar refractivity (Wildman–Crippen MR) is 152 cm³/mol. The second-order valence-corrected chi connectivity index (χ2v) is 11.6. The van der Waals surface area contributed by atoms with Crippen molar-refractivity contribution in [1.29, 1.82) is 0 Å². The van der Waals surface area contributed by atoms with E-state index in [1.54, 1.807) is 37.3 Å². The Morgan fingerprint density at radius 1 is 0.947 bits per heavy atom. The maximum absolute atomic E-state index is 14.0. The molecule has 0 aromatic heterocycles. The van der Waals surface area contributed by atoms with Crippen LogP contribution in [0.25, 0.3) is 0 Å². The third kappa shape index (κ3) is 7.14. The van der Waals surface area contributed by atoms with Gasteiger partial charge in [0.1, 0.15) is 12.6 Å². The molecule has 3 aromatic carbocycles. The number of nitrogens with one attached hydrogen (secondary N) is 1. The summed E-state index contributed by atoms with van der Waals surface area (Å²) in [6, 6.07) is 21.3. The second kappa shape index (κ2) is 12.9. The van der Waals surface area contributed by atoms with E-state index in [9.17, 15) is 18.0 Å². The molecule has 202 valence electrons. The summed E-state index contributed by atoms with van der Waals surface area (Å²) >= 11 is 6.26. The van der Waals surface area contributed by atoms with Crippen LogP contribution in [0.1, 0.15) is 38.3 Å². The molecule has 0 radical (unpaired) electrons. The van der Waals surface area contributed by atoms with Crippen molar-refractivity contribution in [3.63, 3.8) is 0 Å². The maximum atomic E-state index is 14.0. The van der Waals surface area contributed by atoms with E-state index in [0.29, 0.717) is 22.7 Å². The van der Waals surface area contributed by atoms with Crippen molar-refractivity contribution >= 4 is 39.1 Å². The summed E-state index contributed by atoms with van der Waals surface area (Å²) in [4.78, 5) is 28.6. The number of aryl methyl sites for hydroxylation is 1. The molecule has 7 nitrogen and oxygen atoms in total. The topological polar surface area (TPSA) is 86.8 Å². The Labute approximate surface area is 230 Å². The van der Waals surface area contributed by atoms with Crippen molar-refractivity contribution in [2.45, 2.75) is 57.6 Å². The van der Waals surface area contributed by atoms with Crippen molar-refractivity contribution in [2.75, 3.05) is 10.8 Å². The summed E-state index contributed by atoms with van der Waals surface area (Å²) in [5, 5.41) is 3.23. The number of carbonyl (C=O) groups excluding carboxylic acids is 2. The van der Waals surface area contributed by atoms with E-state index in [1.165, 1.54) is 23.1 Å². The van der Waals surface area contributed by atoms with Crippen LogP contribution in [0.2, 0.25) is 5.02 Å². The Morgan fingerprint density at radius 3 is 2.13 bits per heavy atom. The zero-order chi connectivity index (χ0) is 27.9. The molecule has 0 unspecified atom stereocenters. The lowest BCUT2D eigenvalue weighted by molar-refractivity contribution is -0.140. The third-order valence-corrected chi connectivity index (χ3v) is 8.07. The molecule has 0 saturated carbocycles. The molecule has 0 aliphatic heterocycles. The fourth-order valence-electron chi connectivity index (χ4n) is 4.16. The van der Waals surface area contributed by atoms with Crippen molar-refractivity contribution < 1.29 is 18.0 Å². The second-order valence-electron chi connectivity index (χ2n) is 9.35. The number of benzene rings is 3. The predicted octanol–water partition coefficient (Wildman–Crippen LogP) is 5.18. The van der Waals surface area contributed by atoms with E-state index in [2.05, 4.69) is 5.32 Å². The molecule has 9 heteroatoms. The molecule has 0 saturated heterocycles. The molecule has 38 heavy (non-hydrogen) atoms. The van der Waals surface area contributed by atoms with Gasteiger partial charge in [0.05, 0.1) is 10.6 Å². The minimum Gasteiger partial charge on any atom is -0.352 e. The Hall–Kier alpha value is -3.36. The van der Waals surface area contributed by atoms with Crippen LogP contribution in [0.5, 0.6) is 0 Å². The van der Waals surface area contributed by atoms with Gasteiger partial charge in [0.25, 0.3) is 10.0 Å². The normalized spacial score (nSPS) is 12.2. The average Bonchev–Trinajstić information content (AvgIpc) is 2.89. The lowest BCUT2D eigenvalue weighted by Crippen LogP contribution is -2.53. The largest absolute Gasteiger partial charge is 0.352 e. The van der Waals surface area contributed by atoms with Crippen LogP contribution in [-0.4, -0.2) is 43.8 Å². The van der Waals surface area contributed by atoms with E-state index < -0.39 is 28.5 Å². The van der Waals surface area contributed by atoms with Gasteiger partial charge in [-0.2, -0.15) is 0 Å². The SMILES string of the molecule is CC[C@@H](C(=O)NC(C)C)N(Cc1ccccc1)C(=O)CN(c1cc(Cl)ccc1C)S(=O)(=O)c1ccccc1. The molecule has 0 aliphatic carbocycles. The molecule has 0 heterocycles. The molecule has 0 aliphatic rings. The van der Waals surface area contributed by atoms with E-state index in [-0.39, 0.29) is 23.4 Å². The van der Waals surface area contributed by atoms with Gasteiger partial charge in [-0.05, 0) is 62.6 Å². The Kier molecular flexibility index (Phi) is 9.94. The van der Waals surface area contributed by atoms with Gasteiger partial charge in [-0.25, -0.2) is 8.42 Å². The van der Waals surface area contributed by atoms with Gasteiger partial charge < -0.3 is 10.2 Å². The standard InChI is InChI=1S/C29H34ClN3O4S/c1-5-26(29(35)31-21(2)3)32(19-23-12-8-6-9-13-23)28(34)20-33(27-18-24(30)17-16-22(27)4)38(36,37)25-14-10-7-11-15-25/h6-18,21,26H,5,19-20H2,1-4H3,(H,31,35)/t26-/m0/s1. The lowest BCUT2D eigenvalue weighted by Gasteiger charge is -2.34. The van der Waals surface area contributed by atoms with Crippen LogP contribution in [0.3, 0.4) is 0 Å². The summed E-state index contributed by atoms with van der Waals surface area (Å²) in [7, 11) is -4.14. The summed E-state index contributed by atoms with van der Waals surface area (Å²) in [5.41, 5.74) is 1.77. The average molecular weight is 556 g/mol. The number of rotatable bonds is 11. The first-order valence-corrected chi connectivity index (χ1v) is 14.3. The molecular formula is C29H34ClN3O4S. The molecule has 3 rings (SSSR count). The number of amides is 2. The van der Waals surface area contributed by atoms with Gasteiger partial charge in [0.2, 0.25) is 11.8 Å². The molecule has 0 fully saturated rings. The van der Waals surface area contributed by atoms with Gasteiger partial charge in [0.15, 0.2) is 0 Å². The summed E-state index contributed by atoms with van der Waals surface area (Å²) in [6.07, 6.45) is 0.360. The minimum atomic E-state index is -4.14. The van der Waals surface area contributed by atoms with E-state index in [4.69, 9.17) is 11.6 Å². The molecule has 1 N–H and O–H groups in total. The van der Waals surface area contributed by atoms with Gasteiger partial charge in [0, 0.05) is 17.6 Å². The number of hydrogen-bond acceptors (Lipinski definition) is 4. The fraction of sp³-hybridized carbons (Fsp3) is 0.310. The number of nitrogens with zero attached hydrogens (tertiary/aromatic N) is 2. The Balaban J connectivity index is 2.08. The quantitative estimate of drug-likeness (QED) is 0.353. The molecule has 1 atom stereocenters. The summed E-state index contributed by atoms with van der Waals surface area (Å²) in [6.45, 7) is 6.94. The number of carbonyl (C=O) groups is 2. The van der Waals surface area contributed by atoms with Crippen LogP contribution < -0.4 is 9.62 Å². The van der Waals surface area contributed by atoms with Crippen LogP contribution in [0.15, 0.2) is 83.8 Å². The van der Waals surface area contributed by atoms with Crippen molar-refractivity contribution in [1.82, 2.24) is 10.2 Å². The number of anilines is 1. The third-order valence-electron chi connectivity index (χ3n) is 6.06. The summed E-state index contributed by atoms with van der Waals surface area (Å²) in [5.74, 6) is -0.790. The first-order chi connectivity index (χ1) is 18.0. The molecule has 2 amide bonds. The zero-order valence-electron chi connectivity index (χ0n) is 22.1. The van der Waals surface area contributed by atoms with E-state index in [0.717, 1.165) is 9.87 Å². The van der Waals surface area contributed by atoms with Crippen LogP contribution in [0.4, 0.5) is 5.69 Å². The smallest absolute Gasteiger partial charge is 0.264 e. The molecule has 0 spiro atoms. The highest BCUT2D eigenvalue weighted by atomic mass is 35.5. The zero-order valence-corrected chi connectivity index (χ0v) is 23.7. The van der Waals surface area contributed by atoms with Crippen LogP contribution in [0, 0.1) is 6.92 Å². The highest BCUT2D eigenvalue weighted by molar-refractivity contribution is 7.92. The number of sulfonamides is 1. The fourth-order valence-corrected chi connectivity index (χ4v) is 5.82. The molecule has 3 aromatic rings. The highest BCUT2D eigenvalue weighted by Crippen LogP contribution is 2.30. The number of halogens is 1. The van der Waals surface area contributed by atoms with Crippen molar-refractivity contribution in [3.05, 3.63) is 95.0 Å². The van der Waals surface area contributed by atoms with Gasteiger partial charge in [-0.15, -0.1) is 0 Å². The van der Waals surface area contributed by atoms with Crippen LogP contribution in [-0.2, 0) is 26.2 Å². The highest BCUT2D eigenvalue weighted by Gasteiger charge is 2.34. The van der Waals surface area contributed by atoms with Crippen molar-refractivity contribution in [2.24, 2.45) is 0 Å². The maximum Gasteiger partial charge on any atom is 0.264 e. The van der Waals surface area contributed by atoms with Crippen LogP contribution >= 0.6 is 11.6 Å². The monoisotopic (exact) mass is 555 g/mol. The van der Waals surface area contributed by atoms with E-state index >= 15 is 0 Å². The van der Waals surface area contributed by atoms with Gasteiger partial charge in [-0.3, -0.25) is 13.9 Å². The Morgan fingerprint density at radius 2 is 1.55 bits per heavy atom. The molecule has 0 bridgehead atoms. The lowest BCUT2D eigenvalue weighted by atomic mass is 10.1. The first kappa shape index (κ1) is 29.2.